The third kappa shape index (κ3) is 2.06. The Labute approximate surface area is 71.5 Å². The monoisotopic (exact) mass is 192 g/mol. The topological polar surface area (TPSA) is 47.3 Å². The van der Waals surface area contributed by atoms with Crippen molar-refractivity contribution >= 4 is 28.4 Å². The summed E-state index contributed by atoms with van der Waals surface area (Å²) in [4.78, 5) is 21.0. The number of hydrogen-bond acceptors (Lipinski definition) is 3. The van der Waals surface area contributed by atoms with Crippen LogP contribution in [0.3, 0.4) is 0 Å². The van der Waals surface area contributed by atoms with Gasteiger partial charge in [0, 0.05) is 17.7 Å². The third-order valence-electron chi connectivity index (χ3n) is 0.967. The van der Waals surface area contributed by atoms with Crippen molar-refractivity contribution in [2.75, 3.05) is 0 Å². The van der Waals surface area contributed by atoms with Crippen molar-refractivity contribution in [3.63, 3.8) is 0 Å². The molecule has 0 aliphatic carbocycles. The maximum Gasteiger partial charge on any atom is 0.337 e. The zero-order valence-corrected chi connectivity index (χ0v) is 6.65. The highest BCUT2D eigenvalue weighted by atomic mass is 35.5. The summed E-state index contributed by atoms with van der Waals surface area (Å²) >= 11 is 10.4. The summed E-state index contributed by atoms with van der Waals surface area (Å²) in [6, 6.07) is 2.15. The molecule has 0 saturated carbocycles. The average molecular weight is 193 g/mol. The molecular formula is C6H2Cl2O3. The van der Waals surface area contributed by atoms with E-state index in [2.05, 4.69) is 4.42 Å². The maximum absolute atomic E-state index is 10.6. The van der Waals surface area contributed by atoms with Gasteiger partial charge in [-0.3, -0.25) is 4.79 Å². The van der Waals surface area contributed by atoms with E-state index in [4.69, 9.17) is 23.2 Å². The van der Waals surface area contributed by atoms with E-state index in [1.54, 1.807) is 0 Å². The lowest BCUT2D eigenvalue weighted by Crippen LogP contribution is -2.00. The van der Waals surface area contributed by atoms with Crippen molar-refractivity contribution in [3.05, 3.63) is 33.3 Å². The minimum absolute atomic E-state index is 0.0351. The van der Waals surface area contributed by atoms with Gasteiger partial charge in [0.15, 0.2) is 5.22 Å². The standard InChI is InChI=1S/C6H2Cl2O3/c7-4-1-3(6(8)10)2-5(9)11-4/h1-2H. The number of carbonyl (C=O) groups is 1. The second-order valence-corrected chi connectivity index (χ2v) is 2.46. The van der Waals surface area contributed by atoms with Gasteiger partial charge in [-0.2, -0.15) is 0 Å². The molecule has 1 heterocycles. The van der Waals surface area contributed by atoms with Gasteiger partial charge in [-0.15, -0.1) is 0 Å². The van der Waals surface area contributed by atoms with Gasteiger partial charge >= 0.3 is 5.63 Å². The number of rotatable bonds is 1. The van der Waals surface area contributed by atoms with Crippen molar-refractivity contribution in [2.24, 2.45) is 0 Å². The van der Waals surface area contributed by atoms with E-state index in [-0.39, 0.29) is 10.8 Å². The van der Waals surface area contributed by atoms with Crippen LogP contribution in [0.2, 0.25) is 5.22 Å². The van der Waals surface area contributed by atoms with E-state index >= 15 is 0 Å². The summed E-state index contributed by atoms with van der Waals surface area (Å²) in [5, 5.41) is -0.888. The van der Waals surface area contributed by atoms with Crippen LogP contribution in [0, 0.1) is 0 Å². The Bertz CT molecular complexity index is 342. The number of carbonyl (C=O) groups excluding carboxylic acids is 1. The molecule has 0 spiro atoms. The highest BCUT2D eigenvalue weighted by molar-refractivity contribution is 6.67. The second-order valence-electron chi connectivity index (χ2n) is 1.74. The molecule has 1 rings (SSSR count). The Morgan fingerprint density at radius 3 is 2.55 bits per heavy atom. The average Bonchev–Trinajstić information content (AvgIpc) is 1.85. The predicted molar refractivity (Wildman–Crippen MR) is 40.2 cm³/mol. The zero-order chi connectivity index (χ0) is 8.43. The first-order chi connectivity index (χ1) is 5.09. The zero-order valence-electron chi connectivity index (χ0n) is 5.14. The molecular weight excluding hydrogens is 191 g/mol. The summed E-state index contributed by atoms with van der Waals surface area (Å²) < 4.78 is 4.37. The molecule has 5 heteroatoms. The van der Waals surface area contributed by atoms with Gasteiger partial charge in [0.1, 0.15) is 0 Å². The van der Waals surface area contributed by atoms with Gasteiger partial charge in [0.25, 0.3) is 5.24 Å². The predicted octanol–water partition coefficient (Wildman–Crippen LogP) is 1.67. The van der Waals surface area contributed by atoms with Gasteiger partial charge in [-0.25, -0.2) is 4.79 Å². The first kappa shape index (κ1) is 8.30. The van der Waals surface area contributed by atoms with Crippen LogP contribution in [0.15, 0.2) is 21.3 Å². The smallest absolute Gasteiger partial charge is 0.337 e. The normalized spacial score (nSPS) is 9.64. The summed E-state index contributed by atoms with van der Waals surface area (Å²) in [7, 11) is 0. The molecule has 0 N–H and O–H groups in total. The molecule has 0 unspecified atom stereocenters. The Kier molecular flexibility index (Phi) is 2.31. The lowest BCUT2D eigenvalue weighted by atomic mass is 10.3. The number of halogens is 2. The van der Waals surface area contributed by atoms with E-state index in [1.165, 1.54) is 6.07 Å². The first-order valence-corrected chi connectivity index (χ1v) is 3.36. The van der Waals surface area contributed by atoms with Crippen LogP contribution in [-0.4, -0.2) is 5.24 Å². The van der Waals surface area contributed by atoms with Crippen LogP contribution in [-0.2, 0) is 0 Å². The highest BCUT2D eigenvalue weighted by Gasteiger charge is 2.04. The van der Waals surface area contributed by atoms with Crippen molar-refractivity contribution in [1.82, 2.24) is 0 Å². The van der Waals surface area contributed by atoms with Crippen molar-refractivity contribution in [1.29, 1.82) is 0 Å². The van der Waals surface area contributed by atoms with Crippen LogP contribution in [0.1, 0.15) is 10.4 Å². The van der Waals surface area contributed by atoms with Gasteiger partial charge in [0.2, 0.25) is 0 Å². The maximum atomic E-state index is 10.6. The van der Waals surface area contributed by atoms with Gasteiger partial charge in [-0.05, 0) is 23.2 Å². The Balaban J connectivity index is 3.30. The fraction of sp³-hybridized carbons (Fsp3) is 0. The van der Waals surface area contributed by atoms with E-state index in [9.17, 15) is 9.59 Å². The van der Waals surface area contributed by atoms with Gasteiger partial charge in [-0.1, -0.05) is 0 Å². The van der Waals surface area contributed by atoms with E-state index in [1.807, 2.05) is 0 Å². The molecule has 58 valence electrons. The molecule has 11 heavy (non-hydrogen) atoms. The van der Waals surface area contributed by atoms with Crippen molar-refractivity contribution in [3.8, 4) is 0 Å². The summed E-state index contributed by atoms with van der Waals surface area (Å²) in [5.41, 5.74) is -0.658. The number of hydrogen-bond donors (Lipinski definition) is 0. The van der Waals surface area contributed by atoms with Crippen LogP contribution in [0.4, 0.5) is 0 Å². The van der Waals surface area contributed by atoms with Crippen LogP contribution < -0.4 is 5.63 Å². The van der Waals surface area contributed by atoms with E-state index in [0.29, 0.717) is 0 Å². The van der Waals surface area contributed by atoms with Crippen molar-refractivity contribution in [2.45, 2.75) is 0 Å². The minimum Gasteiger partial charge on any atom is -0.411 e. The molecule has 0 amide bonds. The summed E-state index contributed by atoms with van der Waals surface area (Å²) in [6.07, 6.45) is 0. The first-order valence-electron chi connectivity index (χ1n) is 2.60. The van der Waals surface area contributed by atoms with E-state index in [0.717, 1.165) is 6.07 Å². The van der Waals surface area contributed by atoms with Crippen LogP contribution in [0.5, 0.6) is 0 Å². The largest absolute Gasteiger partial charge is 0.411 e. The molecule has 0 saturated heterocycles. The second kappa shape index (κ2) is 3.07. The van der Waals surface area contributed by atoms with Gasteiger partial charge < -0.3 is 4.42 Å². The SMILES string of the molecule is O=C(Cl)c1cc(Cl)oc(=O)c1. The van der Waals surface area contributed by atoms with Gasteiger partial charge in [0.05, 0.1) is 0 Å². The van der Waals surface area contributed by atoms with Crippen LogP contribution in [0.25, 0.3) is 0 Å². The minimum atomic E-state index is -0.736. The molecule has 0 aliphatic heterocycles. The molecule has 1 aromatic rings. The van der Waals surface area contributed by atoms with Crippen molar-refractivity contribution < 1.29 is 9.21 Å². The molecule has 0 bridgehead atoms. The fourth-order valence-electron chi connectivity index (χ4n) is 0.559. The van der Waals surface area contributed by atoms with Crippen LogP contribution >= 0.6 is 23.2 Å². The Morgan fingerprint density at radius 1 is 1.45 bits per heavy atom. The molecule has 0 fully saturated rings. The molecule has 0 atom stereocenters. The molecule has 0 radical (unpaired) electrons. The quantitative estimate of drug-likeness (QED) is 0.637. The summed E-state index contributed by atoms with van der Waals surface area (Å²) in [6.45, 7) is 0. The lowest BCUT2D eigenvalue weighted by Gasteiger charge is -1.90. The summed E-state index contributed by atoms with van der Waals surface area (Å²) in [5.74, 6) is 0. The fourth-order valence-corrected chi connectivity index (χ4v) is 0.862. The highest BCUT2D eigenvalue weighted by Crippen LogP contribution is 2.09. The molecule has 0 aliphatic rings. The molecule has 0 aromatic carbocycles. The molecule has 1 aromatic heterocycles. The van der Waals surface area contributed by atoms with E-state index < -0.39 is 10.9 Å². The Hall–Kier alpha value is -0.800. The Morgan fingerprint density at radius 2 is 2.09 bits per heavy atom. The third-order valence-corrected chi connectivity index (χ3v) is 1.37. The lowest BCUT2D eigenvalue weighted by molar-refractivity contribution is 0.108. The molecule has 3 nitrogen and oxygen atoms in total.